The van der Waals surface area contributed by atoms with Gasteiger partial charge in [-0.15, -0.1) is 0 Å². The van der Waals surface area contributed by atoms with Crippen LogP contribution in [0.25, 0.3) is 6.08 Å². The molecule has 5 nitrogen and oxygen atoms in total. The van der Waals surface area contributed by atoms with Gasteiger partial charge in [0.05, 0.1) is 5.92 Å². The number of nitrogens with zero attached hydrogens (tertiary/aromatic N) is 1. The third-order valence-corrected chi connectivity index (χ3v) is 6.03. The third kappa shape index (κ3) is 4.25. The quantitative estimate of drug-likeness (QED) is 0.821. The molecule has 0 radical (unpaired) electrons. The molecule has 2 aromatic rings. The lowest BCUT2D eigenvalue weighted by molar-refractivity contribution is -0.123. The zero-order valence-corrected chi connectivity index (χ0v) is 16.7. The molecule has 2 amide bonds. The van der Waals surface area contributed by atoms with Crippen LogP contribution in [0.4, 0.5) is 5.69 Å². The topological polar surface area (TPSA) is 75.4 Å². The lowest BCUT2D eigenvalue weighted by Crippen LogP contribution is -2.40. The summed E-state index contributed by atoms with van der Waals surface area (Å²) in [6, 6.07) is 16.1. The second-order valence-electron chi connectivity index (χ2n) is 8.08. The first kappa shape index (κ1) is 19.4. The number of carbonyl (C=O) groups is 2. The number of fused-ring (bicyclic) bond motifs is 1. The first-order chi connectivity index (χ1) is 14.0. The van der Waals surface area contributed by atoms with E-state index in [1.807, 2.05) is 48.5 Å². The molecule has 150 valence electrons. The van der Waals surface area contributed by atoms with Crippen molar-refractivity contribution in [3.8, 4) is 0 Å². The average Bonchev–Trinajstić information content (AvgIpc) is 3.07. The Morgan fingerprint density at radius 3 is 2.62 bits per heavy atom. The van der Waals surface area contributed by atoms with Crippen LogP contribution in [0.5, 0.6) is 0 Å². The zero-order chi connectivity index (χ0) is 20.4. The fourth-order valence-corrected chi connectivity index (χ4v) is 4.35. The van der Waals surface area contributed by atoms with Crippen molar-refractivity contribution in [3.63, 3.8) is 0 Å². The molecule has 1 aliphatic heterocycles. The van der Waals surface area contributed by atoms with Gasteiger partial charge in [-0.1, -0.05) is 43.3 Å². The Labute approximate surface area is 171 Å². The van der Waals surface area contributed by atoms with Gasteiger partial charge in [-0.25, -0.2) is 0 Å². The number of nitrogens with two attached hydrogens (primary N) is 1. The maximum absolute atomic E-state index is 12.8. The van der Waals surface area contributed by atoms with Gasteiger partial charge in [0.25, 0.3) is 5.91 Å². The summed E-state index contributed by atoms with van der Waals surface area (Å²) in [5, 5.41) is 3.02. The first-order valence-electron chi connectivity index (χ1n) is 10.2. The highest BCUT2D eigenvalue weighted by Gasteiger charge is 2.26. The van der Waals surface area contributed by atoms with Crippen molar-refractivity contribution in [2.45, 2.75) is 32.2 Å². The summed E-state index contributed by atoms with van der Waals surface area (Å²) in [6.07, 6.45) is 3.86. The number of likely N-dealkylation sites (tertiary alicyclic amines) is 1. The van der Waals surface area contributed by atoms with Gasteiger partial charge in [0, 0.05) is 30.3 Å². The number of hydrogen-bond acceptors (Lipinski definition) is 3. The smallest absolute Gasteiger partial charge is 0.252 e. The fraction of sp³-hybridized carbons (Fsp3) is 0.333. The van der Waals surface area contributed by atoms with Gasteiger partial charge < -0.3 is 11.1 Å². The standard InChI is InChI=1S/C24H27N3O2/c1-16-21-7-3-2-5-18(21)13-22(16)24(29)26-20-10-8-17(9-11-20)14-27-12-4-6-19(15-27)23(25)28/h2-3,5,7-11,13,16,19H,4,6,12,14-15H2,1H3,(H2,25,28)(H,26,29)/t16-,19+/m1/s1. The second-order valence-corrected chi connectivity index (χ2v) is 8.08. The zero-order valence-electron chi connectivity index (χ0n) is 16.7. The van der Waals surface area contributed by atoms with Gasteiger partial charge in [0.15, 0.2) is 0 Å². The van der Waals surface area contributed by atoms with Crippen molar-refractivity contribution in [2.24, 2.45) is 11.7 Å². The molecule has 0 saturated carbocycles. The Morgan fingerprint density at radius 1 is 1.14 bits per heavy atom. The Balaban J connectivity index is 1.36. The number of benzene rings is 2. The molecule has 0 spiro atoms. The van der Waals surface area contributed by atoms with Gasteiger partial charge in [-0.05, 0) is 54.3 Å². The number of rotatable bonds is 5. The van der Waals surface area contributed by atoms with Crippen molar-refractivity contribution < 1.29 is 9.59 Å². The van der Waals surface area contributed by atoms with E-state index < -0.39 is 0 Å². The van der Waals surface area contributed by atoms with Crippen LogP contribution in [0.3, 0.4) is 0 Å². The highest BCUT2D eigenvalue weighted by Crippen LogP contribution is 2.36. The van der Waals surface area contributed by atoms with Crippen LogP contribution in [-0.2, 0) is 16.1 Å². The van der Waals surface area contributed by atoms with Crippen molar-refractivity contribution in [2.75, 3.05) is 18.4 Å². The van der Waals surface area contributed by atoms with Gasteiger partial charge in [0.1, 0.15) is 0 Å². The van der Waals surface area contributed by atoms with Crippen molar-refractivity contribution >= 4 is 23.6 Å². The van der Waals surface area contributed by atoms with Crippen LogP contribution >= 0.6 is 0 Å². The van der Waals surface area contributed by atoms with Gasteiger partial charge in [-0.2, -0.15) is 0 Å². The second kappa shape index (κ2) is 8.21. The molecular formula is C24H27N3O2. The van der Waals surface area contributed by atoms with Crippen LogP contribution in [0.1, 0.15) is 42.4 Å². The SMILES string of the molecule is C[C@H]1C(C(=O)Nc2ccc(CN3CCC[C@H](C(N)=O)C3)cc2)=Cc2ccccc21. The molecule has 0 bridgehead atoms. The summed E-state index contributed by atoms with van der Waals surface area (Å²) < 4.78 is 0. The molecule has 0 aromatic heterocycles. The maximum atomic E-state index is 12.8. The fourth-order valence-electron chi connectivity index (χ4n) is 4.35. The molecule has 1 aliphatic carbocycles. The monoisotopic (exact) mass is 389 g/mol. The molecule has 5 heteroatoms. The van der Waals surface area contributed by atoms with E-state index >= 15 is 0 Å². The van der Waals surface area contributed by atoms with E-state index in [-0.39, 0.29) is 23.7 Å². The molecule has 2 aliphatic rings. The highest BCUT2D eigenvalue weighted by molar-refractivity contribution is 6.09. The normalized spacial score (nSPS) is 21.3. The molecule has 29 heavy (non-hydrogen) atoms. The Kier molecular flexibility index (Phi) is 5.49. The number of nitrogens with one attached hydrogen (secondary N) is 1. The van der Waals surface area contributed by atoms with E-state index in [0.29, 0.717) is 0 Å². The lowest BCUT2D eigenvalue weighted by atomic mass is 9.97. The molecular weight excluding hydrogens is 362 g/mol. The summed E-state index contributed by atoms with van der Waals surface area (Å²) >= 11 is 0. The van der Waals surface area contributed by atoms with Crippen molar-refractivity contribution in [1.29, 1.82) is 0 Å². The molecule has 3 N–H and O–H groups in total. The minimum absolute atomic E-state index is 0.0480. The van der Waals surface area contributed by atoms with Crippen LogP contribution in [0.15, 0.2) is 54.1 Å². The van der Waals surface area contributed by atoms with Crippen LogP contribution < -0.4 is 11.1 Å². The van der Waals surface area contributed by atoms with E-state index in [1.54, 1.807) is 0 Å². The number of primary amides is 1. The molecule has 1 heterocycles. The molecule has 2 aromatic carbocycles. The number of amides is 2. The Hall–Kier alpha value is -2.92. The number of hydrogen-bond donors (Lipinski definition) is 2. The van der Waals surface area contributed by atoms with Gasteiger partial charge >= 0.3 is 0 Å². The van der Waals surface area contributed by atoms with Crippen LogP contribution in [-0.4, -0.2) is 29.8 Å². The van der Waals surface area contributed by atoms with Gasteiger partial charge in [0.2, 0.25) is 5.91 Å². The minimum atomic E-state index is -0.203. The van der Waals surface area contributed by atoms with E-state index in [4.69, 9.17) is 5.73 Å². The lowest BCUT2D eigenvalue weighted by Gasteiger charge is -2.31. The molecule has 0 unspecified atom stereocenters. The van der Waals surface area contributed by atoms with Gasteiger partial charge in [-0.3, -0.25) is 14.5 Å². The van der Waals surface area contributed by atoms with E-state index in [9.17, 15) is 9.59 Å². The van der Waals surface area contributed by atoms with Crippen molar-refractivity contribution in [3.05, 3.63) is 70.8 Å². The largest absolute Gasteiger partial charge is 0.369 e. The summed E-state index contributed by atoms with van der Waals surface area (Å²) in [6.45, 7) is 4.56. The summed E-state index contributed by atoms with van der Waals surface area (Å²) in [7, 11) is 0. The first-order valence-corrected chi connectivity index (χ1v) is 10.2. The maximum Gasteiger partial charge on any atom is 0.252 e. The summed E-state index contributed by atoms with van der Waals surface area (Å²) in [4.78, 5) is 26.5. The predicted octanol–water partition coefficient (Wildman–Crippen LogP) is 3.52. The van der Waals surface area contributed by atoms with E-state index in [0.717, 1.165) is 54.9 Å². The number of carbonyl (C=O) groups excluding carboxylic acids is 2. The average molecular weight is 389 g/mol. The van der Waals surface area contributed by atoms with Crippen LogP contribution in [0, 0.1) is 5.92 Å². The highest BCUT2D eigenvalue weighted by atomic mass is 16.2. The minimum Gasteiger partial charge on any atom is -0.369 e. The van der Waals surface area contributed by atoms with Crippen LogP contribution in [0.2, 0.25) is 0 Å². The van der Waals surface area contributed by atoms with Crippen molar-refractivity contribution in [1.82, 2.24) is 4.90 Å². The Bertz CT molecular complexity index is 949. The Morgan fingerprint density at radius 2 is 1.90 bits per heavy atom. The number of anilines is 1. The molecule has 1 saturated heterocycles. The van der Waals surface area contributed by atoms with E-state index in [1.165, 1.54) is 5.56 Å². The third-order valence-electron chi connectivity index (χ3n) is 6.03. The molecule has 1 fully saturated rings. The summed E-state index contributed by atoms with van der Waals surface area (Å²) in [5.74, 6) is -0.206. The van der Waals surface area contributed by atoms with E-state index in [2.05, 4.69) is 23.2 Å². The summed E-state index contributed by atoms with van der Waals surface area (Å²) in [5.41, 5.74) is 10.5. The molecule has 2 atom stereocenters. The predicted molar refractivity (Wildman–Crippen MR) is 115 cm³/mol. The molecule has 4 rings (SSSR count). The number of piperidine rings is 1.